The van der Waals surface area contributed by atoms with Gasteiger partial charge in [-0.2, -0.15) is 0 Å². The standard InChI is InChI=1S/C17H19N5O4S2/c1-9(2)15-19-20-17-22(15)10(3)14(27-17)16(24)18-12-5-7-13(8-6-12)28(25,26)21-11(4)23/h5-9H,1-4H3,(H,18,24)(H,21,23). The van der Waals surface area contributed by atoms with E-state index in [0.717, 1.165) is 18.4 Å². The summed E-state index contributed by atoms with van der Waals surface area (Å²) in [5.74, 6) is -0.0429. The minimum atomic E-state index is -3.92. The van der Waals surface area contributed by atoms with Crippen molar-refractivity contribution in [1.29, 1.82) is 0 Å². The average molecular weight is 422 g/mol. The van der Waals surface area contributed by atoms with Gasteiger partial charge in [0, 0.05) is 24.2 Å². The molecule has 0 aliphatic carbocycles. The van der Waals surface area contributed by atoms with Gasteiger partial charge in [0.2, 0.25) is 10.9 Å². The number of carbonyl (C=O) groups is 2. The molecule has 0 fully saturated rings. The number of rotatable bonds is 5. The Kier molecular flexibility index (Phi) is 5.22. The van der Waals surface area contributed by atoms with E-state index in [1.165, 1.54) is 35.6 Å². The molecule has 3 rings (SSSR count). The second kappa shape index (κ2) is 7.32. The van der Waals surface area contributed by atoms with E-state index in [9.17, 15) is 18.0 Å². The van der Waals surface area contributed by atoms with Crippen molar-refractivity contribution in [2.24, 2.45) is 0 Å². The van der Waals surface area contributed by atoms with Gasteiger partial charge in [-0.05, 0) is 31.2 Å². The minimum Gasteiger partial charge on any atom is -0.321 e. The van der Waals surface area contributed by atoms with Crippen LogP contribution in [0.4, 0.5) is 5.69 Å². The minimum absolute atomic E-state index is 0.0703. The summed E-state index contributed by atoms with van der Waals surface area (Å²) in [5, 5.41) is 11.0. The van der Waals surface area contributed by atoms with E-state index in [0.29, 0.717) is 15.5 Å². The van der Waals surface area contributed by atoms with Crippen molar-refractivity contribution in [1.82, 2.24) is 19.3 Å². The van der Waals surface area contributed by atoms with Crippen molar-refractivity contribution in [3.63, 3.8) is 0 Å². The van der Waals surface area contributed by atoms with Crippen molar-refractivity contribution in [3.05, 3.63) is 40.7 Å². The number of carbonyl (C=O) groups excluding carboxylic acids is 2. The lowest BCUT2D eigenvalue weighted by Gasteiger charge is -2.08. The van der Waals surface area contributed by atoms with Crippen LogP contribution in [-0.4, -0.2) is 34.8 Å². The zero-order valence-electron chi connectivity index (χ0n) is 15.7. The molecular weight excluding hydrogens is 402 g/mol. The van der Waals surface area contributed by atoms with Crippen molar-refractivity contribution >= 4 is 43.8 Å². The van der Waals surface area contributed by atoms with Crippen LogP contribution in [0.25, 0.3) is 4.96 Å². The Bertz CT molecular complexity index is 1160. The molecule has 0 atom stereocenters. The fraction of sp³-hybridized carbons (Fsp3) is 0.294. The Balaban J connectivity index is 1.83. The van der Waals surface area contributed by atoms with Crippen molar-refractivity contribution in [2.45, 2.75) is 38.5 Å². The number of anilines is 1. The number of aryl methyl sites for hydroxylation is 1. The number of hydrogen-bond donors (Lipinski definition) is 2. The summed E-state index contributed by atoms with van der Waals surface area (Å²) in [5.41, 5.74) is 1.18. The second-order valence-electron chi connectivity index (χ2n) is 6.49. The quantitative estimate of drug-likeness (QED) is 0.652. The number of hydrogen-bond acceptors (Lipinski definition) is 7. The molecule has 11 heteroatoms. The lowest BCUT2D eigenvalue weighted by atomic mass is 10.2. The summed E-state index contributed by atoms with van der Waals surface area (Å²) < 4.78 is 27.7. The highest BCUT2D eigenvalue weighted by molar-refractivity contribution is 7.90. The van der Waals surface area contributed by atoms with Crippen molar-refractivity contribution in [2.75, 3.05) is 5.32 Å². The molecule has 0 unspecified atom stereocenters. The third kappa shape index (κ3) is 3.76. The van der Waals surface area contributed by atoms with Crippen LogP contribution in [0.5, 0.6) is 0 Å². The van der Waals surface area contributed by atoms with Crippen LogP contribution in [0.15, 0.2) is 29.2 Å². The average Bonchev–Trinajstić information content (AvgIpc) is 3.15. The number of benzene rings is 1. The molecule has 2 amide bonds. The second-order valence-corrected chi connectivity index (χ2v) is 9.15. The Morgan fingerprint density at radius 1 is 1.14 bits per heavy atom. The summed E-state index contributed by atoms with van der Waals surface area (Å²) in [6.07, 6.45) is 0. The highest BCUT2D eigenvalue weighted by atomic mass is 32.2. The van der Waals surface area contributed by atoms with Crippen molar-refractivity contribution < 1.29 is 18.0 Å². The normalized spacial score (nSPS) is 11.8. The highest BCUT2D eigenvalue weighted by Crippen LogP contribution is 2.26. The Labute approximate surface area is 165 Å². The van der Waals surface area contributed by atoms with Crippen LogP contribution >= 0.6 is 11.3 Å². The molecule has 0 saturated carbocycles. The molecule has 2 aromatic heterocycles. The van der Waals surface area contributed by atoms with Gasteiger partial charge in [0.1, 0.15) is 10.7 Å². The summed E-state index contributed by atoms with van der Waals surface area (Å²) in [7, 11) is -3.92. The molecule has 1 aromatic carbocycles. The smallest absolute Gasteiger partial charge is 0.267 e. The largest absolute Gasteiger partial charge is 0.321 e. The first-order valence-electron chi connectivity index (χ1n) is 8.39. The van der Waals surface area contributed by atoms with Gasteiger partial charge in [0.05, 0.1) is 4.90 Å². The fourth-order valence-electron chi connectivity index (χ4n) is 2.67. The first-order valence-corrected chi connectivity index (χ1v) is 10.7. The van der Waals surface area contributed by atoms with E-state index in [2.05, 4.69) is 15.5 Å². The van der Waals surface area contributed by atoms with E-state index in [1.807, 2.05) is 29.9 Å². The number of aromatic nitrogens is 3. The molecule has 0 saturated heterocycles. The number of fused-ring (bicyclic) bond motifs is 1. The van der Waals surface area contributed by atoms with E-state index in [1.54, 1.807) is 0 Å². The highest BCUT2D eigenvalue weighted by Gasteiger charge is 2.21. The molecule has 2 heterocycles. The van der Waals surface area contributed by atoms with Gasteiger partial charge >= 0.3 is 0 Å². The van der Waals surface area contributed by atoms with Crippen LogP contribution in [0.2, 0.25) is 0 Å². The molecule has 9 nitrogen and oxygen atoms in total. The van der Waals surface area contributed by atoms with Crippen LogP contribution in [0, 0.1) is 6.92 Å². The lowest BCUT2D eigenvalue weighted by molar-refractivity contribution is -0.117. The van der Waals surface area contributed by atoms with E-state index in [4.69, 9.17) is 0 Å². The van der Waals surface area contributed by atoms with E-state index in [-0.39, 0.29) is 16.7 Å². The van der Waals surface area contributed by atoms with Gasteiger partial charge in [0.25, 0.3) is 15.9 Å². The third-order valence-corrected chi connectivity index (χ3v) is 6.52. The van der Waals surface area contributed by atoms with Crippen LogP contribution in [0.3, 0.4) is 0 Å². The molecule has 0 bridgehead atoms. The molecule has 0 spiro atoms. The zero-order valence-corrected chi connectivity index (χ0v) is 17.3. The van der Waals surface area contributed by atoms with Gasteiger partial charge in [-0.1, -0.05) is 25.2 Å². The predicted octanol–water partition coefficient (Wildman–Crippen LogP) is 2.30. The number of amides is 2. The first kappa shape index (κ1) is 20.0. The molecule has 148 valence electrons. The molecule has 3 aromatic rings. The number of thiazole rings is 1. The predicted molar refractivity (Wildman–Crippen MR) is 105 cm³/mol. The Morgan fingerprint density at radius 2 is 1.79 bits per heavy atom. The number of sulfonamides is 1. The summed E-state index contributed by atoms with van der Waals surface area (Å²) >= 11 is 1.24. The van der Waals surface area contributed by atoms with Crippen LogP contribution in [0.1, 0.15) is 47.9 Å². The van der Waals surface area contributed by atoms with Crippen LogP contribution < -0.4 is 10.0 Å². The zero-order chi connectivity index (χ0) is 20.6. The van der Waals surface area contributed by atoms with E-state index >= 15 is 0 Å². The molecular formula is C17H19N5O4S2. The summed E-state index contributed by atoms with van der Waals surface area (Å²) in [6, 6.07) is 5.55. The van der Waals surface area contributed by atoms with Gasteiger partial charge in [-0.25, -0.2) is 13.1 Å². The number of nitrogens with zero attached hydrogens (tertiary/aromatic N) is 3. The van der Waals surface area contributed by atoms with Crippen LogP contribution in [-0.2, 0) is 14.8 Å². The maximum Gasteiger partial charge on any atom is 0.267 e. The third-order valence-electron chi connectivity index (χ3n) is 3.94. The van der Waals surface area contributed by atoms with E-state index < -0.39 is 15.9 Å². The molecule has 0 aliphatic heterocycles. The van der Waals surface area contributed by atoms with Crippen molar-refractivity contribution in [3.8, 4) is 0 Å². The first-order chi connectivity index (χ1) is 13.1. The van der Waals surface area contributed by atoms with Gasteiger partial charge in [-0.15, -0.1) is 10.2 Å². The van der Waals surface area contributed by atoms with Gasteiger partial charge < -0.3 is 5.32 Å². The van der Waals surface area contributed by atoms with Gasteiger partial charge in [-0.3, -0.25) is 14.0 Å². The molecule has 0 radical (unpaired) electrons. The Hall–Kier alpha value is -2.79. The number of nitrogens with one attached hydrogen (secondary N) is 2. The topological polar surface area (TPSA) is 123 Å². The molecule has 2 N–H and O–H groups in total. The maximum atomic E-state index is 12.7. The Morgan fingerprint density at radius 3 is 2.36 bits per heavy atom. The summed E-state index contributed by atoms with van der Waals surface area (Å²) in [4.78, 5) is 24.7. The maximum absolute atomic E-state index is 12.7. The fourth-order valence-corrected chi connectivity index (χ4v) is 4.63. The molecule has 28 heavy (non-hydrogen) atoms. The SMILES string of the molecule is CC(=O)NS(=O)(=O)c1ccc(NC(=O)c2sc3nnc(C(C)C)n3c2C)cc1. The van der Waals surface area contributed by atoms with Gasteiger partial charge in [0.15, 0.2) is 0 Å². The summed E-state index contributed by atoms with van der Waals surface area (Å²) in [6.45, 7) is 6.96. The lowest BCUT2D eigenvalue weighted by Crippen LogP contribution is -2.28. The molecule has 0 aliphatic rings. The monoisotopic (exact) mass is 421 g/mol.